The minimum atomic E-state index is 0.686. The maximum atomic E-state index is 5.44. The molecule has 26 heavy (non-hydrogen) atoms. The predicted molar refractivity (Wildman–Crippen MR) is 106 cm³/mol. The normalized spacial score (nSPS) is 15.0. The second kappa shape index (κ2) is 9.77. The average Bonchev–Trinajstić information content (AvgIpc) is 2.72. The molecule has 2 N–H and O–H groups in total. The van der Waals surface area contributed by atoms with Gasteiger partial charge in [-0.15, -0.1) is 0 Å². The van der Waals surface area contributed by atoms with Gasteiger partial charge < -0.3 is 20.3 Å². The third-order valence-corrected chi connectivity index (χ3v) is 4.40. The number of rotatable bonds is 6. The van der Waals surface area contributed by atoms with Crippen molar-refractivity contribution in [2.45, 2.75) is 13.0 Å². The highest BCUT2D eigenvalue weighted by molar-refractivity contribution is 5.79. The van der Waals surface area contributed by atoms with Gasteiger partial charge in [0.15, 0.2) is 5.96 Å². The van der Waals surface area contributed by atoms with Crippen molar-refractivity contribution in [3.05, 3.63) is 59.8 Å². The van der Waals surface area contributed by atoms with E-state index >= 15 is 0 Å². The second-order valence-electron chi connectivity index (χ2n) is 6.17. The number of aromatic nitrogens is 1. The van der Waals surface area contributed by atoms with Crippen molar-refractivity contribution in [1.82, 2.24) is 15.6 Å². The maximum Gasteiger partial charge on any atom is 0.191 e. The van der Waals surface area contributed by atoms with Crippen LogP contribution in [0, 0.1) is 0 Å². The molecular weight excluding hydrogens is 326 g/mol. The molecule has 1 aliphatic rings. The van der Waals surface area contributed by atoms with E-state index in [1.807, 2.05) is 18.3 Å². The van der Waals surface area contributed by atoms with E-state index in [-0.39, 0.29) is 0 Å². The molecule has 0 aliphatic carbocycles. The molecule has 1 fully saturated rings. The summed E-state index contributed by atoms with van der Waals surface area (Å²) in [6, 6.07) is 14.5. The minimum Gasteiger partial charge on any atom is -0.378 e. The fourth-order valence-electron chi connectivity index (χ4n) is 3.00. The maximum absolute atomic E-state index is 5.44. The molecule has 0 spiro atoms. The van der Waals surface area contributed by atoms with Gasteiger partial charge >= 0.3 is 0 Å². The zero-order valence-corrected chi connectivity index (χ0v) is 15.3. The van der Waals surface area contributed by atoms with E-state index in [4.69, 9.17) is 4.74 Å². The Morgan fingerprint density at radius 2 is 1.92 bits per heavy atom. The molecule has 3 rings (SSSR count). The Hall–Kier alpha value is -2.60. The van der Waals surface area contributed by atoms with Crippen molar-refractivity contribution < 1.29 is 4.74 Å². The highest BCUT2D eigenvalue weighted by Gasteiger charge is 2.15. The first-order valence-corrected chi connectivity index (χ1v) is 9.12. The summed E-state index contributed by atoms with van der Waals surface area (Å²) in [6.07, 6.45) is 2.81. The minimum absolute atomic E-state index is 0.686. The van der Waals surface area contributed by atoms with Crippen LogP contribution in [0.5, 0.6) is 0 Å². The first-order valence-electron chi connectivity index (χ1n) is 9.12. The van der Waals surface area contributed by atoms with Gasteiger partial charge in [0.1, 0.15) is 5.82 Å². The van der Waals surface area contributed by atoms with Crippen molar-refractivity contribution >= 4 is 11.8 Å². The quantitative estimate of drug-likeness (QED) is 0.613. The van der Waals surface area contributed by atoms with Crippen LogP contribution in [0.4, 0.5) is 5.82 Å². The van der Waals surface area contributed by atoms with Gasteiger partial charge in [-0.2, -0.15) is 0 Å². The summed E-state index contributed by atoms with van der Waals surface area (Å²) < 4.78 is 5.44. The number of guanidine groups is 1. The number of hydrogen-bond donors (Lipinski definition) is 2. The van der Waals surface area contributed by atoms with Crippen molar-refractivity contribution in [2.24, 2.45) is 4.99 Å². The number of benzene rings is 1. The highest BCUT2D eigenvalue weighted by Crippen LogP contribution is 2.18. The molecule has 0 bridgehead atoms. The Balaban J connectivity index is 1.52. The van der Waals surface area contributed by atoms with E-state index in [0.29, 0.717) is 6.54 Å². The van der Waals surface area contributed by atoms with E-state index in [1.54, 1.807) is 7.05 Å². The van der Waals surface area contributed by atoms with E-state index < -0.39 is 0 Å². The van der Waals surface area contributed by atoms with Gasteiger partial charge in [-0.05, 0) is 18.1 Å². The lowest BCUT2D eigenvalue weighted by molar-refractivity contribution is 0.122. The molecule has 6 nitrogen and oxygen atoms in total. The van der Waals surface area contributed by atoms with Crippen LogP contribution >= 0.6 is 0 Å². The van der Waals surface area contributed by atoms with Crippen molar-refractivity contribution in [1.29, 1.82) is 0 Å². The first-order chi connectivity index (χ1) is 12.9. The molecule has 0 atom stereocenters. The molecule has 6 heteroatoms. The van der Waals surface area contributed by atoms with Crippen LogP contribution in [-0.4, -0.2) is 50.8 Å². The van der Waals surface area contributed by atoms with Gasteiger partial charge in [0.2, 0.25) is 0 Å². The summed E-state index contributed by atoms with van der Waals surface area (Å²) in [5.74, 6) is 1.83. The number of hydrogen-bond acceptors (Lipinski definition) is 4. The Morgan fingerprint density at radius 3 is 2.69 bits per heavy atom. The largest absolute Gasteiger partial charge is 0.378 e. The van der Waals surface area contributed by atoms with Crippen LogP contribution in [-0.2, 0) is 17.7 Å². The summed E-state index contributed by atoms with van der Waals surface area (Å²) in [5, 5.41) is 6.76. The lowest BCUT2D eigenvalue weighted by Crippen LogP contribution is -2.40. The summed E-state index contributed by atoms with van der Waals surface area (Å²) in [7, 11) is 1.80. The summed E-state index contributed by atoms with van der Waals surface area (Å²) >= 11 is 0. The number of nitrogens with one attached hydrogen (secondary N) is 2. The Morgan fingerprint density at radius 1 is 1.12 bits per heavy atom. The molecule has 0 saturated carbocycles. The zero-order valence-electron chi connectivity index (χ0n) is 15.3. The third kappa shape index (κ3) is 5.20. The van der Waals surface area contributed by atoms with Gasteiger partial charge in [0.25, 0.3) is 0 Å². The van der Waals surface area contributed by atoms with E-state index in [0.717, 1.165) is 51.0 Å². The first kappa shape index (κ1) is 18.2. The molecule has 1 saturated heterocycles. The molecule has 2 aromatic rings. The van der Waals surface area contributed by atoms with Crippen molar-refractivity contribution in [3.63, 3.8) is 0 Å². The molecule has 138 valence electrons. The molecule has 0 amide bonds. The van der Waals surface area contributed by atoms with E-state index in [2.05, 4.69) is 55.8 Å². The number of anilines is 1. The van der Waals surface area contributed by atoms with Crippen LogP contribution in [0.15, 0.2) is 53.7 Å². The lowest BCUT2D eigenvalue weighted by atomic mass is 10.1. The smallest absolute Gasteiger partial charge is 0.191 e. The molecule has 0 unspecified atom stereocenters. The number of aliphatic imine (C=N–C) groups is 1. The van der Waals surface area contributed by atoms with Gasteiger partial charge in [-0.3, -0.25) is 4.99 Å². The highest BCUT2D eigenvalue weighted by atomic mass is 16.5. The number of ether oxygens (including phenoxy) is 1. The van der Waals surface area contributed by atoms with Crippen LogP contribution in [0.3, 0.4) is 0 Å². The monoisotopic (exact) mass is 353 g/mol. The number of morpholine rings is 1. The number of pyridine rings is 1. The van der Waals surface area contributed by atoms with E-state index in [1.165, 1.54) is 11.1 Å². The Kier molecular flexibility index (Phi) is 6.84. The van der Waals surface area contributed by atoms with Gasteiger partial charge in [0, 0.05) is 45.0 Å². The topological polar surface area (TPSA) is 61.8 Å². The summed E-state index contributed by atoms with van der Waals surface area (Å²) in [5.41, 5.74) is 2.48. The molecular formula is C20H27N5O. The molecule has 1 aliphatic heterocycles. The van der Waals surface area contributed by atoms with Crippen molar-refractivity contribution in [3.8, 4) is 0 Å². The summed E-state index contributed by atoms with van der Waals surface area (Å²) in [4.78, 5) is 11.2. The van der Waals surface area contributed by atoms with Crippen LogP contribution in [0.1, 0.15) is 11.1 Å². The lowest BCUT2D eigenvalue weighted by Gasteiger charge is -2.29. The van der Waals surface area contributed by atoms with Crippen LogP contribution in [0.25, 0.3) is 0 Å². The fraction of sp³-hybridized carbons (Fsp3) is 0.400. The standard InChI is InChI=1S/C20H27N5O/c1-21-20(23-11-9-17-6-3-2-4-7-17)24-16-18-8-5-10-22-19(18)25-12-14-26-15-13-25/h2-8,10H,9,11-16H2,1H3,(H2,21,23,24). The predicted octanol–water partition coefficient (Wildman–Crippen LogP) is 1.83. The fourth-order valence-corrected chi connectivity index (χ4v) is 3.00. The van der Waals surface area contributed by atoms with Gasteiger partial charge in [0.05, 0.1) is 13.2 Å². The van der Waals surface area contributed by atoms with E-state index in [9.17, 15) is 0 Å². The number of nitrogens with zero attached hydrogens (tertiary/aromatic N) is 3. The third-order valence-electron chi connectivity index (χ3n) is 4.40. The SMILES string of the molecule is CN=C(NCCc1ccccc1)NCc1cccnc1N1CCOCC1. The molecule has 2 heterocycles. The van der Waals surface area contributed by atoms with Crippen LogP contribution < -0.4 is 15.5 Å². The second-order valence-corrected chi connectivity index (χ2v) is 6.17. The molecule has 1 aromatic heterocycles. The molecule has 0 radical (unpaired) electrons. The van der Waals surface area contributed by atoms with Crippen LogP contribution in [0.2, 0.25) is 0 Å². The van der Waals surface area contributed by atoms with Gasteiger partial charge in [-0.1, -0.05) is 36.4 Å². The Labute approximate surface area is 155 Å². The Bertz CT molecular complexity index is 698. The zero-order chi connectivity index (χ0) is 18.0. The van der Waals surface area contributed by atoms with Gasteiger partial charge in [-0.25, -0.2) is 4.98 Å². The average molecular weight is 353 g/mol. The van der Waals surface area contributed by atoms with Crippen molar-refractivity contribution in [2.75, 3.05) is 44.8 Å². The molecule has 1 aromatic carbocycles. The summed E-state index contributed by atoms with van der Waals surface area (Å²) in [6.45, 7) is 4.80.